The Morgan fingerprint density at radius 2 is 2.03 bits per heavy atom. The summed E-state index contributed by atoms with van der Waals surface area (Å²) in [5.41, 5.74) is 2.01. The van der Waals surface area contributed by atoms with Crippen LogP contribution in [0.3, 0.4) is 0 Å². The Kier molecular flexibility index (Phi) is 6.91. The minimum absolute atomic E-state index is 0.0455. The third-order valence-electron chi connectivity index (χ3n) is 4.59. The summed E-state index contributed by atoms with van der Waals surface area (Å²) in [7, 11) is 3.03. The molecule has 1 amide bonds. The number of aromatic nitrogens is 2. The number of benzene rings is 2. The second kappa shape index (κ2) is 9.61. The lowest BCUT2D eigenvalue weighted by molar-refractivity contribution is 0.0960. The van der Waals surface area contributed by atoms with Crippen molar-refractivity contribution in [1.82, 2.24) is 15.3 Å². The number of aryl methyl sites for hydroxylation is 2. The van der Waals surface area contributed by atoms with E-state index in [2.05, 4.69) is 20.6 Å². The number of amides is 1. The van der Waals surface area contributed by atoms with E-state index in [1.807, 2.05) is 13.0 Å². The maximum atomic E-state index is 14.0. The van der Waals surface area contributed by atoms with E-state index >= 15 is 0 Å². The summed E-state index contributed by atoms with van der Waals surface area (Å²) in [4.78, 5) is 20.8. The minimum atomic E-state index is -0.402. The van der Waals surface area contributed by atoms with Crippen LogP contribution in [-0.2, 0) is 6.42 Å². The number of methoxy groups -OCH3 is 1. The number of nitrogens with zero attached hydrogens (tertiary/aromatic N) is 2. The Hall–Kier alpha value is -3.39. The molecule has 1 aromatic heterocycles. The summed E-state index contributed by atoms with van der Waals surface area (Å²) in [6.07, 6.45) is 2.00. The van der Waals surface area contributed by atoms with Crippen LogP contribution < -0.4 is 20.1 Å². The first kappa shape index (κ1) is 22.3. The van der Waals surface area contributed by atoms with Crippen molar-refractivity contribution in [2.75, 3.05) is 19.5 Å². The van der Waals surface area contributed by atoms with Crippen LogP contribution in [0.25, 0.3) is 0 Å². The highest BCUT2D eigenvalue weighted by Crippen LogP contribution is 2.34. The molecule has 0 fully saturated rings. The molecule has 0 radical (unpaired) electrons. The van der Waals surface area contributed by atoms with Crippen LogP contribution in [0.15, 0.2) is 36.5 Å². The molecule has 0 bridgehead atoms. The molecule has 0 saturated carbocycles. The molecular formula is C22H22ClFN4O3. The molecule has 0 unspecified atom stereocenters. The van der Waals surface area contributed by atoms with Crippen molar-refractivity contribution in [3.05, 3.63) is 64.1 Å². The fraction of sp³-hybridized carbons (Fsp3) is 0.227. The fourth-order valence-electron chi connectivity index (χ4n) is 2.97. The number of halogens is 2. The lowest BCUT2D eigenvalue weighted by Gasteiger charge is -2.15. The van der Waals surface area contributed by atoms with E-state index in [-0.39, 0.29) is 22.8 Å². The van der Waals surface area contributed by atoms with E-state index in [0.717, 1.165) is 5.56 Å². The topological polar surface area (TPSA) is 85.4 Å². The summed E-state index contributed by atoms with van der Waals surface area (Å²) in [6, 6.07) is 8.16. The van der Waals surface area contributed by atoms with E-state index in [4.69, 9.17) is 21.1 Å². The van der Waals surface area contributed by atoms with Crippen LogP contribution in [-0.4, -0.2) is 30.0 Å². The highest BCUT2D eigenvalue weighted by molar-refractivity contribution is 6.31. The van der Waals surface area contributed by atoms with Gasteiger partial charge in [-0.15, -0.1) is 0 Å². The van der Waals surface area contributed by atoms with Gasteiger partial charge in [0.2, 0.25) is 11.8 Å². The molecule has 0 saturated heterocycles. The number of rotatable bonds is 7. The summed E-state index contributed by atoms with van der Waals surface area (Å²) >= 11 is 6.23. The molecule has 0 aliphatic carbocycles. The molecule has 9 heteroatoms. The highest BCUT2D eigenvalue weighted by Gasteiger charge is 2.18. The van der Waals surface area contributed by atoms with E-state index in [1.165, 1.54) is 19.4 Å². The molecular weight excluding hydrogens is 423 g/mol. The predicted molar refractivity (Wildman–Crippen MR) is 117 cm³/mol. The number of hydrogen-bond donors (Lipinski definition) is 2. The van der Waals surface area contributed by atoms with Gasteiger partial charge in [-0.2, -0.15) is 4.98 Å². The molecule has 0 aliphatic heterocycles. The molecule has 7 nitrogen and oxygen atoms in total. The first-order chi connectivity index (χ1) is 14.9. The molecule has 1 heterocycles. The molecule has 0 atom stereocenters. The average Bonchev–Trinajstić information content (AvgIpc) is 2.77. The number of ether oxygens (including phenoxy) is 2. The molecule has 3 aromatic rings. The molecule has 3 rings (SSSR count). The minimum Gasteiger partial charge on any atom is -0.495 e. The van der Waals surface area contributed by atoms with Gasteiger partial charge in [0.25, 0.3) is 5.91 Å². The second-order valence-corrected chi connectivity index (χ2v) is 7.01. The van der Waals surface area contributed by atoms with Crippen molar-refractivity contribution in [2.45, 2.75) is 20.3 Å². The van der Waals surface area contributed by atoms with Crippen molar-refractivity contribution >= 4 is 29.1 Å². The lowest BCUT2D eigenvalue weighted by Crippen LogP contribution is -2.20. The number of carbonyl (C=O) groups excluding carboxylic acids is 1. The van der Waals surface area contributed by atoms with Crippen LogP contribution in [0.2, 0.25) is 5.02 Å². The number of anilines is 2. The van der Waals surface area contributed by atoms with Crippen molar-refractivity contribution in [1.29, 1.82) is 0 Å². The van der Waals surface area contributed by atoms with Gasteiger partial charge in [-0.1, -0.05) is 30.7 Å². The van der Waals surface area contributed by atoms with E-state index < -0.39 is 5.82 Å². The Balaban J connectivity index is 1.97. The van der Waals surface area contributed by atoms with Crippen LogP contribution >= 0.6 is 11.6 Å². The normalized spacial score (nSPS) is 10.5. The van der Waals surface area contributed by atoms with Gasteiger partial charge in [0.15, 0.2) is 0 Å². The summed E-state index contributed by atoms with van der Waals surface area (Å²) < 4.78 is 25.2. The largest absolute Gasteiger partial charge is 0.495 e. The van der Waals surface area contributed by atoms with Gasteiger partial charge < -0.3 is 20.1 Å². The molecule has 31 heavy (non-hydrogen) atoms. The van der Waals surface area contributed by atoms with Gasteiger partial charge in [0, 0.05) is 13.1 Å². The van der Waals surface area contributed by atoms with Crippen molar-refractivity contribution in [2.24, 2.45) is 0 Å². The molecule has 0 spiro atoms. The van der Waals surface area contributed by atoms with E-state index in [9.17, 15) is 9.18 Å². The lowest BCUT2D eigenvalue weighted by atomic mass is 10.0. The Bertz CT molecular complexity index is 1120. The maximum Gasteiger partial charge on any atom is 0.255 e. The van der Waals surface area contributed by atoms with Crippen LogP contribution in [0.5, 0.6) is 17.4 Å². The molecule has 2 N–H and O–H groups in total. The second-order valence-electron chi connectivity index (χ2n) is 6.60. The number of hydrogen-bond acceptors (Lipinski definition) is 6. The van der Waals surface area contributed by atoms with Crippen molar-refractivity contribution in [3.63, 3.8) is 0 Å². The Labute approximate surface area is 184 Å². The first-order valence-corrected chi connectivity index (χ1v) is 9.91. The third-order valence-corrected chi connectivity index (χ3v) is 4.85. The summed E-state index contributed by atoms with van der Waals surface area (Å²) in [6.45, 7) is 3.58. The van der Waals surface area contributed by atoms with Crippen LogP contribution in [0.4, 0.5) is 16.0 Å². The van der Waals surface area contributed by atoms with E-state index in [1.54, 1.807) is 32.2 Å². The number of carbonyl (C=O) groups is 1. The van der Waals surface area contributed by atoms with Gasteiger partial charge in [-0.05, 0) is 36.6 Å². The zero-order valence-corrected chi connectivity index (χ0v) is 18.3. The van der Waals surface area contributed by atoms with E-state index in [0.29, 0.717) is 34.7 Å². The average molecular weight is 445 g/mol. The monoisotopic (exact) mass is 444 g/mol. The zero-order chi connectivity index (χ0) is 22.5. The standard InChI is InChI=1S/C22H22ClFN4O3/c1-5-13-7-6-8-17(19(13)20(29)25-3)31-21-14(23)11-26-22(28-21)27-16-10-15(24)12(2)9-18(16)30-4/h6-11H,5H2,1-4H3,(H,25,29)(H,26,27,28). The highest BCUT2D eigenvalue weighted by atomic mass is 35.5. The van der Waals surface area contributed by atoms with Gasteiger partial charge in [0.05, 0.1) is 24.6 Å². The SMILES string of the molecule is CCc1cccc(Oc2nc(Nc3cc(F)c(C)cc3OC)ncc2Cl)c1C(=O)NC. The van der Waals surface area contributed by atoms with Crippen LogP contribution in [0.1, 0.15) is 28.4 Å². The van der Waals surface area contributed by atoms with Crippen molar-refractivity contribution in [3.8, 4) is 17.4 Å². The first-order valence-electron chi connectivity index (χ1n) is 9.53. The quantitative estimate of drug-likeness (QED) is 0.530. The zero-order valence-electron chi connectivity index (χ0n) is 17.5. The van der Waals surface area contributed by atoms with Gasteiger partial charge in [-0.3, -0.25) is 4.79 Å². The van der Waals surface area contributed by atoms with Gasteiger partial charge in [0.1, 0.15) is 22.3 Å². The number of nitrogens with one attached hydrogen (secondary N) is 2. The maximum absolute atomic E-state index is 14.0. The molecule has 0 aliphatic rings. The predicted octanol–water partition coefficient (Wildman–Crippen LogP) is 5.04. The Morgan fingerprint density at radius 3 is 2.71 bits per heavy atom. The van der Waals surface area contributed by atoms with Crippen LogP contribution in [0, 0.1) is 12.7 Å². The van der Waals surface area contributed by atoms with Crippen molar-refractivity contribution < 1.29 is 18.7 Å². The molecule has 162 valence electrons. The summed E-state index contributed by atoms with van der Waals surface area (Å²) in [5.74, 6) is 0.219. The Morgan fingerprint density at radius 1 is 1.26 bits per heavy atom. The summed E-state index contributed by atoms with van der Waals surface area (Å²) in [5, 5.41) is 5.68. The van der Waals surface area contributed by atoms with Gasteiger partial charge >= 0.3 is 0 Å². The fourth-order valence-corrected chi connectivity index (χ4v) is 3.10. The smallest absolute Gasteiger partial charge is 0.255 e. The van der Waals surface area contributed by atoms with Gasteiger partial charge in [-0.25, -0.2) is 9.37 Å². The molecule has 2 aromatic carbocycles. The third kappa shape index (κ3) is 4.86.